The Morgan fingerprint density at radius 1 is 0.957 bits per heavy atom. The second kappa shape index (κ2) is 6.66. The Labute approximate surface area is 137 Å². The number of benzene rings is 3. The molecule has 0 aliphatic heterocycles. The van der Waals surface area contributed by atoms with E-state index in [4.69, 9.17) is 4.74 Å². The van der Waals surface area contributed by atoms with Gasteiger partial charge in [-0.3, -0.25) is 4.99 Å². The first-order valence-electron chi connectivity index (χ1n) is 7.95. The lowest BCUT2D eigenvalue weighted by molar-refractivity contribution is 0.340. The molecule has 3 aromatic rings. The van der Waals surface area contributed by atoms with Gasteiger partial charge in [0.05, 0.1) is 12.3 Å². The summed E-state index contributed by atoms with van der Waals surface area (Å²) in [7, 11) is 0. The van der Waals surface area contributed by atoms with Crippen LogP contribution in [-0.2, 0) is 0 Å². The molecule has 0 heterocycles. The summed E-state index contributed by atoms with van der Waals surface area (Å²) in [6.07, 6.45) is 1.91. The highest BCUT2D eigenvalue weighted by Crippen LogP contribution is 2.27. The lowest BCUT2D eigenvalue weighted by Crippen LogP contribution is -1.97. The lowest BCUT2D eigenvalue weighted by atomic mass is 10.0. The molecule has 0 spiro atoms. The van der Waals surface area contributed by atoms with E-state index in [9.17, 15) is 0 Å². The van der Waals surface area contributed by atoms with E-state index in [1.165, 1.54) is 16.5 Å². The van der Waals surface area contributed by atoms with Crippen LogP contribution < -0.4 is 4.74 Å². The third-order valence-corrected chi connectivity index (χ3v) is 4.06. The predicted octanol–water partition coefficient (Wildman–Crippen LogP) is 5.61. The first kappa shape index (κ1) is 15.3. The maximum Gasteiger partial charge on any atom is 0.128 e. The molecular weight excluding hydrogens is 282 g/mol. The van der Waals surface area contributed by atoms with Crippen molar-refractivity contribution in [2.24, 2.45) is 4.99 Å². The van der Waals surface area contributed by atoms with Crippen molar-refractivity contribution in [2.45, 2.75) is 20.8 Å². The van der Waals surface area contributed by atoms with Crippen LogP contribution in [0.25, 0.3) is 10.8 Å². The SMILES string of the molecule is CCOc1ccc2ccccc2c1C=Nc1ccc(C)c(C)c1. The van der Waals surface area contributed by atoms with E-state index in [0.29, 0.717) is 6.61 Å². The minimum Gasteiger partial charge on any atom is -0.493 e. The van der Waals surface area contributed by atoms with Gasteiger partial charge in [-0.15, -0.1) is 0 Å². The molecule has 2 nitrogen and oxygen atoms in total. The van der Waals surface area contributed by atoms with Crippen LogP contribution in [0.3, 0.4) is 0 Å². The van der Waals surface area contributed by atoms with Crippen molar-refractivity contribution in [1.29, 1.82) is 0 Å². The maximum atomic E-state index is 5.79. The van der Waals surface area contributed by atoms with E-state index in [1.54, 1.807) is 0 Å². The van der Waals surface area contributed by atoms with Gasteiger partial charge in [0, 0.05) is 11.8 Å². The molecule has 3 aromatic carbocycles. The zero-order valence-electron chi connectivity index (χ0n) is 13.8. The summed E-state index contributed by atoms with van der Waals surface area (Å²) >= 11 is 0. The van der Waals surface area contributed by atoms with Gasteiger partial charge in [0.15, 0.2) is 0 Å². The van der Waals surface area contributed by atoms with Gasteiger partial charge in [0.1, 0.15) is 5.75 Å². The van der Waals surface area contributed by atoms with Crippen molar-refractivity contribution >= 4 is 22.7 Å². The number of fused-ring (bicyclic) bond motifs is 1. The Morgan fingerprint density at radius 2 is 1.78 bits per heavy atom. The predicted molar refractivity (Wildman–Crippen MR) is 98.3 cm³/mol. The number of aryl methyl sites for hydroxylation is 2. The van der Waals surface area contributed by atoms with Crippen LogP contribution in [0.4, 0.5) is 5.69 Å². The summed E-state index contributed by atoms with van der Waals surface area (Å²) in [4.78, 5) is 4.67. The second-order valence-electron chi connectivity index (χ2n) is 5.66. The van der Waals surface area contributed by atoms with Crippen molar-refractivity contribution in [2.75, 3.05) is 6.61 Å². The molecular formula is C21H21NO. The number of ether oxygens (including phenoxy) is 1. The summed E-state index contributed by atoms with van der Waals surface area (Å²) in [5.74, 6) is 0.874. The fourth-order valence-corrected chi connectivity index (χ4v) is 2.64. The van der Waals surface area contributed by atoms with Crippen LogP contribution in [0.1, 0.15) is 23.6 Å². The van der Waals surface area contributed by atoms with Gasteiger partial charge in [-0.1, -0.05) is 36.4 Å². The molecule has 0 bridgehead atoms. The van der Waals surface area contributed by atoms with E-state index in [-0.39, 0.29) is 0 Å². The highest BCUT2D eigenvalue weighted by molar-refractivity contribution is 6.03. The van der Waals surface area contributed by atoms with Crippen LogP contribution >= 0.6 is 0 Å². The Balaban J connectivity index is 2.07. The fraction of sp³-hybridized carbons (Fsp3) is 0.190. The van der Waals surface area contributed by atoms with Gasteiger partial charge in [0.2, 0.25) is 0 Å². The second-order valence-corrected chi connectivity index (χ2v) is 5.66. The molecule has 0 radical (unpaired) electrons. The lowest BCUT2D eigenvalue weighted by Gasteiger charge is -2.10. The normalized spacial score (nSPS) is 11.3. The standard InChI is InChI=1S/C21H21NO/c1-4-23-21-12-10-17-7-5-6-8-19(17)20(21)14-22-18-11-9-15(2)16(3)13-18/h5-14H,4H2,1-3H3. The minimum absolute atomic E-state index is 0.642. The topological polar surface area (TPSA) is 21.6 Å². The third-order valence-electron chi connectivity index (χ3n) is 4.06. The number of rotatable bonds is 4. The molecule has 23 heavy (non-hydrogen) atoms. The molecule has 0 aliphatic carbocycles. The van der Waals surface area contributed by atoms with E-state index >= 15 is 0 Å². The van der Waals surface area contributed by atoms with Crippen LogP contribution in [0.2, 0.25) is 0 Å². The maximum absolute atomic E-state index is 5.79. The molecule has 0 aliphatic rings. The van der Waals surface area contributed by atoms with Crippen molar-refractivity contribution in [3.05, 3.63) is 71.3 Å². The van der Waals surface area contributed by atoms with E-state index in [0.717, 1.165) is 22.4 Å². The summed E-state index contributed by atoms with van der Waals surface area (Å²) in [6, 6.07) is 18.7. The van der Waals surface area contributed by atoms with Gasteiger partial charge in [0.25, 0.3) is 0 Å². The Hall–Kier alpha value is -2.61. The van der Waals surface area contributed by atoms with Gasteiger partial charge in [-0.2, -0.15) is 0 Å². The van der Waals surface area contributed by atoms with Gasteiger partial charge in [-0.25, -0.2) is 0 Å². The summed E-state index contributed by atoms with van der Waals surface area (Å²) in [5.41, 5.74) is 4.53. The molecule has 0 saturated carbocycles. The van der Waals surface area contributed by atoms with Crippen molar-refractivity contribution in [1.82, 2.24) is 0 Å². The first-order chi connectivity index (χ1) is 11.2. The summed E-state index contributed by atoms with van der Waals surface area (Å²) < 4.78 is 5.79. The average molecular weight is 303 g/mol. The van der Waals surface area contributed by atoms with Crippen molar-refractivity contribution in [3.8, 4) is 5.75 Å². The zero-order chi connectivity index (χ0) is 16.2. The third kappa shape index (κ3) is 3.26. The van der Waals surface area contributed by atoms with Gasteiger partial charge < -0.3 is 4.74 Å². The van der Waals surface area contributed by atoms with E-state index < -0.39 is 0 Å². The van der Waals surface area contributed by atoms with Crippen LogP contribution in [-0.4, -0.2) is 12.8 Å². The summed E-state index contributed by atoms with van der Waals surface area (Å²) in [5, 5.41) is 2.35. The summed E-state index contributed by atoms with van der Waals surface area (Å²) in [6.45, 7) is 6.86. The van der Waals surface area contributed by atoms with Crippen LogP contribution in [0.15, 0.2) is 59.6 Å². The fourth-order valence-electron chi connectivity index (χ4n) is 2.64. The highest BCUT2D eigenvalue weighted by atomic mass is 16.5. The molecule has 3 rings (SSSR count). The molecule has 0 amide bonds. The number of nitrogens with zero attached hydrogens (tertiary/aromatic N) is 1. The zero-order valence-corrected chi connectivity index (χ0v) is 13.8. The monoisotopic (exact) mass is 303 g/mol. The Morgan fingerprint density at radius 3 is 2.57 bits per heavy atom. The molecule has 0 atom stereocenters. The Bertz CT molecular complexity index is 865. The highest BCUT2D eigenvalue weighted by Gasteiger charge is 2.06. The molecule has 116 valence electrons. The van der Waals surface area contributed by atoms with E-state index in [2.05, 4.69) is 49.2 Å². The molecule has 0 N–H and O–H groups in total. The average Bonchev–Trinajstić information content (AvgIpc) is 2.57. The van der Waals surface area contributed by atoms with Crippen molar-refractivity contribution < 1.29 is 4.74 Å². The number of aliphatic imine (C=N–C) groups is 1. The quantitative estimate of drug-likeness (QED) is 0.574. The van der Waals surface area contributed by atoms with Crippen LogP contribution in [0, 0.1) is 13.8 Å². The van der Waals surface area contributed by atoms with E-state index in [1.807, 2.05) is 37.4 Å². The minimum atomic E-state index is 0.642. The van der Waals surface area contributed by atoms with Crippen LogP contribution in [0.5, 0.6) is 5.75 Å². The molecule has 0 fully saturated rings. The number of hydrogen-bond donors (Lipinski definition) is 0. The van der Waals surface area contributed by atoms with Gasteiger partial charge >= 0.3 is 0 Å². The smallest absolute Gasteiger partial charge is 0.128 e. The molecule has 2 heteroatoms. The molecule has 0 unspecified atom stereocenters. The molecule has 0 aromatic heterocycles. The first-order valence-corrected chi connectivity index (χ1v) is 7.95. The number of hydrogen-bond acceptors (Lipinski definition) is 2. The Kier molecular flexibility index (Phi) is 4.42. The molecule has 0 saturated heterocycles. The largest absolute Gasteiger partial charge is 0.493 e. The van der Waals surface area contributed by atoms with Gasteiger partial charge in [-0.05, 0) is 60.9 Å². The van der Waals surface area contributed by atoms with Crippen molar-refractivity contribution in [3.63, 3.8) is 0 Å².